The number of benzene rings is 3. The molecule has 0 aliphatic heterocycles. The van der Waals surface area contributed by atoms with Gasteiger partial charge in [-0.1, -0.05) is 58.4 Å². The molecule has 3 aromatic carbocycles. The maximum Gasteiger partial charge on any atom is 0.270 e. The van der Waals surface area contributed by atoms with Gasteiger partial charge in [-0.05, 0) is 36.8 Å². The maximum atomic E-state index is 13.0. The molecule has 7 heteroatoms. The number of Topliss-reactive ketones (excluding diaryl/α,β-unsaturated/α-hetero) is 1. The van der Waals surface area contributed by atoms with E-state index in [1.165, 1.54) is 24.3 Å². The third-order valence-corrected chi connectivity index (χ3v) is 6.04. The minimum Gasteiger partial charge on any atom is -0.340 e. The van der Waals surface area contributed by atoms with Crippen molar-refractivity contribution in [2.45, 2.75) is 13.5 Å². The summed E-state index contributed by atoms with van der Waals surface area (Å²) in [5.41, 5.74) is 3.63. The number of fused-ring (bicyclic) bond motifs is 1. The van der Waals surface area contributed by atoms with Crippen LogP contribution in [0.4, 0.5) is 5.69 Å². The van der Waals surface area contributed by atoms with Gasteiger partial charge in [0.05, 0.1) is 4.92 Å². The number of non-ortho nitro benzene ring substituents is 1. The number of para-hydroxylation sites is 1. The largest absolute Gasteiger partial charge is 0.340 e. The van der Waals surface area contributed by atoms with Crippen LogP contribution in [0.3, 0.4) is 0 Å². The molecule has 0 saturated heterocycles. The van der Waals surface area contributed by atoms with Crippen molar-refractivity contribution in [2.24, 2.45) is 0 Å². The van der Waals surface area contributed by atoms with Crippen LogP contribution in [0.5, 0.6) is 0 Å². The van der Waals surface area contributed by atoms with Crippen LogP contribution in [0.25, 0.3) is 17.0 Å². The smallest absolute Gasteiger partial charge is 0.270 e. The Morgan fingerprint density at radius 2 is 1.85 bits per heavy atom. The van der Waals surface area contributed by atoms with Crippen molar-refractivity contribution in [1.82, 2.24) is 4.57 Å². The van der Waals surface area contributed by atoms with E-state index in [0.29, 0.717) is 6.54 Å². The first kappa shape index (κ1) is 22.2. The first-order chi connectivity index (χ1) is 15.9. The Morgan fingerprint density at radius 3 is 2.55 bits per heavy atom. The number of ketones is 1. The number of nitro groups is 1. The number of hydrogen-bond acceptors (Lipinski definition) is 4. The Labute approximate surface area is 198 Å². The quantitative estimate of drug-likeness (QED) is 0.1000. The Hall–Kier alpha value is -4.02. The highest BCUT2D eigenvalue weighted by Crippen LogP contribution is 2.30. The van der Waals surface area contributed by atoms with Gasteiger partial charge in [0.25, 0.3) is 5.69 Å². The molecule has 0 spiro atoms. The van der Waals surface area contributed by atoms with Crippen LogP contribution >= 0.6 is 15.9 Å². The summed E-state index contributed by atoms with van der Waals surface area (Å²) in [6.07, 6.45) is 1.58. The van der Waals surface area contributed by atoms with Gasteiger partial charge in [0.15, 0.2) is 0 Å². The maximum absolute atomic E-state index is 13.0. The average Bonchev–Trinajstić information content (AvgIpc) is 3.09. The Morgan fingerprint density at radius 1 is 1.12 bits per heavy atom. The molecule has 4 aromatic rings. The topological polar surface area (TPSA) is 88.9 Å². The van der Waals surface area contributed by atoms with Crippen molar-refractivity contribution in [1.29, 1.82) is 5.26 Å². The molecular formula is C26H18BrN3O3. The van der Waals surface area contributed by atoms with Crippen LogP contribution in [-0.2, 0) is 6.54 Å². The van der Waals surface area contributed by atoms with Crippen molar-refractivity contribution < 1.29 is 9.72 Å². The van der Waals surface area contributed by atoms with E-state index in [2.05, 4.69) is 20.5 Å². The predicted octanol–water partition coefficient (Wildman–Crippen LogP) is 6.46. The van der Waals surface area contributed by atoms with E-state index in [4.69, 9.17) is 0 Å². The zero-order chi connectivity index (χ0) is 23.5. The summed E-state index contributed by atoms with van der Waals surface area (Å²) in [6.45, 7) is 2.59. The van der Waals surface area contributed by atoms with Crippen molar-refractivity contribution in [3.05, 3.63) is 115 Å². The van der Waals surface area contributed by atoms with E-state index in [1.807, 2.05) is 61.5 Å². The molecule has 0 unspecified atom stereocenters. The van der Waals surface area contributed by atoms with E-state index < -0.39 is 10.7 Å². The van der Waals surface area contributed by atoms with E-state index in [9.17, 15) is 20.2 Å². The van der Waals surface area contributed by atoms with Gasteiger partial charge in [-0.3, -0.25) is 14.9 Å². The van der Waals surface area contributed by atoms with E-state index in [0.717, 1.165) is 32.2 Å². The van der Waals surface area contributed by atoms with Crippen LogP contribution in [0, 0.1) is 28.4 Å². The summed E-state index contributed by atoms with van der Waals surface area (Å²) in [5.74, 6) is -0.551. The molecule has 0 amide bonds. The highest BCUT2D eigenvalue weighted by atomic mass is 79.9. The second kappa shape index (κ2) is 9.23. The van der Waals surface area contributed by atoms with Crippen LogP contribution in [0.2, 0.25) is 0 Å². The Balaban J connectivity index is 1.80. The lowest BCUT2D eigenvalue weighted by Crippen LogP contribution is -2.04. The number of halogens is 1. The molecule has 0 bridgehead atoms. The SMILES string of the molecule is Cc1c(C=C(C#N)C(=O)c2cccc([N+](=O)[O-])c2)c2ccccc2n1Cc1ccc(Br)cc1. The lowest BCUT2D eigenvalue weighted by molar-refractivity contribution is -0.384. The minimum absolute atomic E-state index is 0.0786. The molecule has 0 radical (unpaired) electrons. The van der Waals surface area contributed by atoms with Crippen LogP contribution in [0.1, 0.15) is 27.2 Å². The lowest BCUT2D eigenvalue weighted by atomic mass is 10.0. The number of carbonyl (C=O) groups excluding carboxylic acids is 1. The normalized spacial score (nSPS) is 11.4. The molecule has 1 aromatic heterocycles. The van der Waals surface area contributed by atoms with Crippen LogP contribution in [0.15, 0.2) is 82.8 Å². The zero-order valence-electron chi connectivity index (χ0n) is 17.7. The Kier molecular flexibility index (Phi) is 6.20. The molecule has 162 valence electrons. The first-order valence-corrected chi connectivity index (χ1v) is 10.9. The minimum atomic E-state index is -0.563. The van der Waals surface area contributed by atoms with Crippen molar-refractivity contribution in [3.8, 4) is 6.07 Å². The lowest BCUT2D eigenvalue weighted by Gasteiger charge is -2.09. The second-order valence-corrected chi connectivity index (χ2v) is 8.45. The summed E-state index contributed by atoms with van der Waals surface area (Å²) in [4.78, 5) is 23.5. The summed E-state index contributed by atoms with van der Waals surface area (Å²) >= 11 is 3.45. The number of nitriles is 1. The molecular weight excluding hydrogens is 482 g/mol. The first-order valence-electron chi connectivity index (χ1n) is 10.1. The van der Waals surface area contributed by atoms with Crippen molar-refractivity contribution in [3.63, 3.8) is 0 Å². The van der Waals surface area contributed by atoms with Gasteiger partial charge in [0.2, 0.25) is 5.78 Å². The molecule has 0 saturated carbocycles. The predicted molar refractivity (Wildman–Crippen MR) is 131 cm³/mol. The molecule has 0 atom stereocenters. The second-order valence-electron chi connectivity index (χ2n) is 7.54. The van der Waals surface area contributed by atoms with Crippen molar-refractivity contribution in [2.75, 3.05) is 0 Å². The molecule has 0 N–H and O–H groups in total. The van der Waals surface area contributed by atoms with Gasteiger partial charge < -0.3 is 4.57 Å². The van der Waals surface area contributed by atoms with Crippen LogP contribution < -0.4 is 0 Å². The monoisotopic (exact) mass is 499 g/mol. The number of nitrogens with zero attached hydrogens (tertiary/aromatic N) is 3. The number of hydrogen-bond donors (Lipinski definition) is 0. The van der Waals surface area contributed by atoms with Crippen LogP contribution in [-0.4, -0.2) is 15.3 Å². The molecule has 4 rings (SSSR count). The van der Waals surface area contributed by atoms with Gasteiger partial charge >= 0.3 is 0 Å². The molecule has 0 fully saturated rings. The third kappa shape index (κ3) is 4.47. The van der Waals surface area contributed by atoms with Gasteiger partial charge in [-0.25, -0.2) is 0 Å². The highest BCUT2D eigenvalue weighted by molar-refractivity contribution is 9.10. The fraction of sp³-hybridized carbons (Fsp3) is 0.0769. The van der Waals surface area contributed by atoms with E-state index >= 15 is 0 Å². The number of carbonyl (C=O) groups is 1. The summed E-state index contributed by atoms with van der Waals surface area (Å²) in [5, 5.41) is 21.7. The van der Waals surface area contributed by atoms with Gasteiger partial charge in [-0.15, -0.1) is 0 Å². The summed E-state index contributed by atoms with van der Waals surface area (Å²) < 4.78 is 3.15. The van der Waals surface area contributed by atoms with Gasteiger partial charge in [0.1, 0.15) is 11.6 Å². The zero-order valence-corrected chi connectivity index (χ0v) is 19.2. The van der Waals surface area contributed by atoms with Gasteiger partial charge in [0, 0.05) is 50.9 Å². The Bertz CT molecular complexity index is 1460. The van der Waals surface area contributed by atoms with E-state index in [1.54, 1.807) is 6.08 Å². The standard InChI is InChI=1S/C26H18BrN3O3/c1-17-24(14-20(15-28)26(31)19-5-4-6-22(13-19)30(32)33)23-7-2-3-8-25(23)29(17)16-18-9-11-21(27)12-10-18/h2-14H,16H2,1H3. The molecule has 1 heterocycles. The number of allylic oxidation sites excluding steroid dienone is 1. The fourth-order valence-corrected chi connectivity index (χ4v) is 4.09. The summed E-state index contributed by atoms with van der Waals surface area (Å²) in [7, 11) is 0. The van der Waals surface area contributed by atoms with Crippen molar-refractivity contribution >= 4 is 44.4 Å². The number of rotatable bonds is 6. The van der Waals surface area contributed by atoms with E-state index in [-0.39, 0.29) is 16.8 Å². The molecule has 6 nitrogen and oxygen atoms in total. The molecule has 33 heavy (non-hydrogen) atoms. The fourth-order valence-electron chi connectivity index (χ4n) is 3.83. The van der Waals surface area contributed by atoms with Gasteiger partial charge in [-0.2, -0.15) is 5.26 Å². The average molecular weight is 500 g/mol. The molecule has 0 aliphatic rings. The molecule has 0 aliphatic carbocycles. The number of aromatic nitrogens is 1. The third-order valence-electron chi connectivity index (χ3n) is 5.51. The highest BCUT2D eigenvalue weighted by Gasteiger charge is 2.19. The number of nitro benzene ring substituents is 1. The summed E-state index contributed by atoms with van der Waals surface area (Å²) in [6, 6.07) is 23.3.